The van der Waals surface area contributed by atoms with E-state index in [-0.39, 0.29) is 11.9 Å². The zero-order valence-electron chi connectivity index (χ0n) is 11.1. The Kier molecular flexibility index (Phi) is 3.46. The first kappa shape index (κ1) is 13.0. The molecule has 2 aromatic rings. The number of aryl methyl sites for hydroxylation is 3. The van der Waals surface area contributed by atoms with Gasteiger partial charge in [-0.25, -0.2) is 0 Å². The minimum Gasteiger partial charge on any atom is -0.467 e. The van der Waals surface area contributed by atoms with Crippen LogP contribution in [0.4, 0.5) is 5.69 Å². The number of hydrogen-bond donors (Lipinski definition) is 1. The summed E-state index contributed by atoms with van der Waals surface area (Å²) in [6.45, 7) is 5.22. The molecule has 0 bridgehead atoms. The number of methoxy groups -OCH3 is 1. The molecule has 0 spiro atoms. The van der Waals surface area contributed by atoms with E-state index >= 15 is 0 Å². The van der Waals surface area contributed by atoms with Crippen LogP contribution in [-0.4, -0.2) is 28.1 Å². The van der Waals surface area contributed by atoms with Crippen molar-refractivity contribution in [2.75, 3.05) is 12.4 Å². The summed E-state index contributed by atoms with van der Waals surface area (Å²) in [5.74, 6) is 0.154. The smallest absolute Gasteiger partial charge is 0.316 e. The maximum Gasteiger partial charge on any atom is 0.316 e. The number of anilines is 1. The molecule has 2 heterocycles. The average molecular weight is 262 g/mol. The quantitative estimate of drug-likeness (QED) is 0.904. The second-order valence-electron chi connectivity index (χ2n) is 4.01. The Hall–Kier alpha value is -2.44. The molecule has 0 unspecified atom stereocenters. The van der Waals surface area contributed by atoms with Crippen LogP contribution in [0.25, 0.3) is 0 Å². The Balaban J connectivity index is 2.29. The number of nitrogens with zero attached hydrogens (tertiary/aromatic N) is 3. The number of carbonyl (C=O) groups is 1. The molecule has 0 aliphatic carbocycles. The van der Waals surface area contributed by atoms with Crippen molar-refractivity contribution < 1.29 is 14.1 Å². The molecule has 0 aliphatic heterocycles. The topological polar surface area (TPSA) is 90.1 Å². The lowest BCUT2D eigenvalue weighted by atomic mass is 10.2. The molecular formula is C12H14N4O3. The van der Waals surface area contributed by atoms with E-state index in [9.17, 15) is 4.79 Å². The minimum absolute atomic E-state index is 0.272. The van der Waals surface area contributed by atoms with Gasteiger partial charge in [0.1, 0.15) is 11.3 Å². The molecule has 0 saturated heterocycles. The molecule has 0 atom stereocenters. The van der Waals surface area contributed by atoms with Gasteiger partial charge in [-0.05, 0) is 20.8 Å². The summed E-state index contributed by atoms with van der Waals surface area (Å²) in [6, 6.07) is 0.272. The maximum absolute atomic E-state index is 12.1. The molecule has 2 aromatic heterocycles. The molecular weight excluding hydrogens is 248 g/mol. The molecule has 0 radical (unpaired) electrons. The van der Waals surface area contributed by atoms with Gasteiger partial charge >= 0.3 is 6.01 Å². The minimum atomic E-state index is -0.307. The number of ether oxygens (including phenoxy) is 1. The zero-order chi connectivity index (χ0) is 14.0. The summed E-state index contributed by atoms with van der Waals surface area (Å²) >= 11 is 0. The molecule has 7 nitrogen and oxygen atoms in total. The molecule has 2 rings (SSSR count). The molecule has 7 heteroatoms. The molecule has 0 fully saturated rings. The van der Waals surface area contributed by atoms with E-state index in [0.717, 1.165) is 0 Å². The van der Waals surface area contributed by atoms with Crippen molar-refractivity contribution in [3.63, 3.8) is 0 Å². The number of rotatable bonds is 3. The first-order valence-corrected chi connectivity index (χ1v) is 5.64. The van der Waals surface area contributed by atoms with E-state index in [4.69, 9.17) is 9.26 Å². The highest BCUT2D eigenvalue weighted by atomic mass is 16.5. The van der Waals surface area contributed by atoms with E-state index in [2.05, 4.69) is 20.4 Å². The van der Waals surface area contributed by atoms with Crippen LogP contribution in [0.2, 0.25) is 0 Å². The van der Waals surface area contributed by atoms with Gasteiger partial charge in [0.2, 0.25) is 0 Å². The van der Waals surface area contributed by atoms with Crippen LogP contribution >= 0.6 is 0 Å². The van der Waals surface area contributed by atoms with Gasteiger partial charge in [0, 0.05) is 0 Å². The predicted molar refractivity (Wildman–Crippen MR) is 67.3 cm³/mol. The van der Waals surface area contributed by atoms with Crippen LogP contribution in [0.15, 0.2) is 10.7 Å². The molecule has 0 saturated carbocycles. The second kappa shape index (κ2) is 5.05. The zero-order valence-corrected chi connectivity index (χ0v) is 11.1. The molecule has 1 N–H and O–H groups in total. The van der Waals surface area contributed by atoms with E-state index in [0.29, 0.717) is 28.4 Å². The van der Waals surface area contributed by atoms with Gasteiger partial charge in [0.05, 0.1) is 30.4 Å². The first-order chi connectivity index (χ1) is 9.02. The van der Waals surface area contributed by atoms with Gasteiger partial charge in [-0.15, -0.1) is 0 Å². The Morgan fingerprint density at radius 1 is 1.26 bits per heavy atom. The fourth-order valence-electron chi connectivity index (χ4n) is 1.66. The summed E-state index contributed by atoms with van der Waals surface area (Å²) in [6.07, 6.45) is 1.37. The van der Waals surface area contributed by atoms with Crippen molar-refractivity contribution in [3.8, 4) is 6.01 Å². The van der Waals surface area contributed by atoms with Gasteiger partial charge in [-0.3, -0.25) is 4.79 Å². The number of nitrogens with one attached hydrogen (secondary N) is 1. The van der Waals surface area contributed by atoms with Crippen LogP contribution in [0.3, 0.4) is 0 Å². The Morgan fingerprint density at radius 3 is 2.37 bits per heavy atom. The van der Waals surface area contributed by atoms with E-state index < -0.39 is 0 Å². The summed E-state index contributed by atoms with van der Waals surface area (Å²) in [4.78, 5) is 20.3. The van der Waals surface area contributed by atoms with Crippen LogP contribution < -0.4 is 10.1 Å². The van der Waals surface area contributed by atoms with Crippen LogP contribution in [-0.2, 0) is 0 Å². The third kappa shape index (κ3) is 2.54. The van der Waals surface area contributed by atoms with Gasteiger partial charge in [0.25, 0.3) is 5.91 Å². The summed E-state index contributed by atoms with van der Waals surface area (Å²) in [7, 11) is 1.49. The number of carbonyl (C=O) groups excluding carboxylic acids is 1. The van der Waals surface area contributed by atoms with Crippen molar-refractivity contribution >= 4 is 11.6 Å². The molecule has 100 valence electrons. The summed E-state index contributed by atoms with van der Waals surface area (Å²) in [5.41, 5.74) is 2.21. The fraction of sp³-hybridized carbons (Fsp3) is 0.333. The third-order valence-corrected chi connectivity index (χ3v) is 2.67. The Bertz CT molecular complexity index is 598. The van der Waals surface area contributed by atoms with Crippen LogP contribution in [0, 0.1) is 20.8 Å². The normalized spacial score (nSPS) is 10.3. The standard InChI is InChI=1S/C12H14N4O3/c1-6-10(7(2)15-12(14-6)18-4)16-11(17)9-5-13-19-8(9)3/h5H,1-4H3,(H,16,17). The molecule has 0 aromatic carbocycles. The van der Waals surface area contributed by atoms with Crippen LogP contribution in [0.1, 0.15) is 27.5 Å². The lowest BCUT2D eigenvalue weighted by molar-refractivity contribution is 0.102. The van der Waals surface area contributed by atoms with E-state index in [1.807, 2.05) is 0 Å². The number of amides is 1. The van der Waals surface area contributed by atoms with Gasteiger partial charge in [-0.2, -0.15) is 9.97 Å². The highest BCUT2D eigenvalue weighted by molar-refractivity contribution is 6.05. The van der Waals surface area contributed by atoms with E-state index in [1.165, 1.54) is 13.3 Å². The molecule has 0 aliphatic rings. The fourth-order valence-corrected chi connectivity index (χ4v) is 1.66. The average Bonchev–Trinajstić information content (AvgIpc) is 2.79. The SMILES string of the molecule is COc1nc(C)c(NC(=O)c2cnoc2C)c(C)n1. The van der Waals surface area contributed by atoms with Gasteiger partial charge in [0.15, 0.2) is 0 Å². The largest absolute Gasteiger partial charge is 0.467 e. The third-order valence-electron chi connectivity index (χ3n) is 2.67. The molecule has 19 heavy (non-hydrogen) atoms. The second-order valence-corrected chi connectivity index (χ2v) is 4.01. The lowest BCUT2D eigenvalue weighted by Crippen LogP contribution is -2.15. The Morgan fingerprint density at radius 2 is 1.89 bits per heavy atom. The predicted octanol–water partition coefficient (Wildman–Crippen LogP) is 1.65. The van der Waals surface area contributed by atoms with Crippen molar-refractivity contribution in [1.82, 2.24) is 15.1 Å². The molecule has 1 amide bonds. The van der Waals surface area contributed by atoms with Crippen LogP contribution in [0.5, 0.6) is 6.01 Å². The monoisotopic (exact) mass is 262 g/mol. The van der Waals surface area contributed by atoms with Crippen molar-refractivity contribution in [1.29, 1.82) is 0 Å². The van der Waals surface area contributed by atoms with Crippen molar-refractivity contribution in [3.05, 3.63) is 28.9 Å². The summed E-state index contributed by atoms with van der Waals surface area (Å²) in [5, 5.41) is 6.32. The lowest BCUT2D eigenvalue weighted by Gasteiger charge is -2.10. The summed E-state index contributed by atoms with van der Waals surface area (Å²) < 4.78 is 9.83. The highest BCUT2D eigenvalue weighted by Crippen LogP contribution is 2.20. The number of aromatic nitrogens is 3. The first-order valence-electron chi connectivity index (χ1n) is 5.64. The highest BCUT2D eigenvalue weighted by Gasteiger charge is 2.16. The Labute approximate surface area is 110 Å². The van der Waals surface area contributed by atoms with E-state index in [1.54, 1.807) is 20.8 Å². The van der Waals surface area contributed by atoms with Crippen molar-refractivity contribution in [2.45, 2.75) is 20.8 Å². The number of hydrogen-bond acceptors (Lipinski definition) is 6. The van der Waals surface area contributed by atoms with Crippen molar-refractivity contribution in [2.24, 2.45) is 0 Å². The van der Waals surface area contributed by atoms with Gasteiger partial charge in [-0.1, -0.05) is 5.16 Å². The van der Waals surface area contributed by atoms with Gasteiger partial charge < -0.3 is 14.6 Å². The maximum atomic E-state index is 12.1.